The zero-order chi connectivity index (χ0) is 20.7. The highest BCUT2D eigenvalue weighted by atomic mass is 16.5. The Morgan fingerprint density at radius 2 is 1.07 bits per heavy atom. The molecule has 4 nitrogen and oxygen atoms in total. The number of nitrogens with zero attached hydrogens (tertiary/aromatic N) is 1. The van der Waals surface area contributed by atoms with Gasteiger partial charge >= 0.3 is 0 Å². The Kier molecular flexibility index (Phi) is 6.57. The predicted molar refractivity (Wildman–Crippen MR) is 115 cm³/mol. The molecule has 3 fully saturated rings. The highest BCUT2D eigenvalue weighted by Crippen LogP contribution is 2.43. The van der Waals surface area contributed by atoms with Crippen molar-refractivity contribution in [2.24, 2.45) is 5.92 Å². The summed E-state index contributed by atoms with van der Waals surface area (Å²) in [4.78, 5) is 2.71. The molecule has 2 aliphatic carbocycles. The van der Waals surface area contributed by atoms with E-state index >= 15 is 0 Å². The molecule has 0 aromatic rings. The van der Waals surface area contributed by atoms with Crippen LogP contribution in [0.2, 0.25) is 0 Å². The van der Waals surface area contributed by atoms with Crippen molar-refractivity contribution in [3.05, 3.63) is 0 Å². The van der Waals surface area contributed by atoms with Gasteiger partial charge in [-0.05, 0) is 99.8 Å². The lowest BCUT2D eigenvalue weighted by molar-refractivity contribution is -0.173. The number of hydrogen-bond donors (Lipinski definition) is 0. The van der Waals surface area contributed by atoms with E-state index in [1.165, 1.54) is 25.7 Å². The lowest BCUT2D eigenvalue weighted by Gasteiger charge is -2.53. The van der Waals surface area contributed by atoms with Crippen molar-refractivity contribution in [1.29, 1.82) is 0 Å². The molecule has 0 amide bonds. The fourth-order valence-electron chi connectivity index (χ4n) is 5.06. The molecule has 0 atom stereocenters. The van der Waals surface area contributed by atoms with Crippen molar-refractivity contribution in [3.8, 4) is 0 Å². The summed E-state index contributed by atoms with van der Waals surface area (Å²) >= 11 is 0. The average Bonchev–Trinajstić information content (AvgIpc) is 2.46. The van der Waals surface area contributed by atoms with Gasteiger partial charge in [-0.15, -0.1) is 0 Å². The number of likely N-dealkylation sites (tertiary alicyclic amines) is 1. The third kappa shape index (κ3) is 5.93. The third-order valence-corrected chi connectivity index (χ3v) is 6.83. The number of piperidine rings is 1. The molecule has 1 saturated heterocycles. The Labute approximate surface area is 173 Å². The van der Waals surface area contributed by atoms with E-state index in [1.807, 2.05) is 0 Å². The second-order valence-electron chi connectivity index (χ2n) is 11.9. The lowest BCUT2D eigenvalue weighted by Crippen LogP contribution is -2.58. The van der Waals surface area contributed by atoms with Crippen molar-refractivity contribution >= 4 is 0 Å². The maximum atomic E-state index is 6.38. The maximum absolute atomic E-state index is 6.38. The second kappa shape index (κ2) is 8.17. The van der Waals surface area contributed by atoms with Crippen molar-refractivity contribution in [2.45, 2.75) is 135 Å². The molecule has 164 valence electrons. The smallest absolute Gasteiger partial charge is 0.0631 e. The number of hydrogen-bond acceptors (Lipinski definition) is 4. The van der Waals surface area contributed by atoms with E-state index in [2.05, 4.69) is 60.3 Å². The molecule has 1 heterocycles. The van der Waals surface area contributed by atoms with Gasteiger partial charge in [0, 0.05) is 18.6 Å². The molecule has 3 rings (SSSR count). The van der Waals surface area contributed by atoms with Crippen LogP contribution < -0.4 is 0 Å². The molecular formula is C24H45NO3. The molecule has 2 saturated carbocycles. The first-order chi connectivity index (χ1) is 12.8. The summed E-state index contributed by atoms with van der Waals surface area (Å²) in [6.07, 6.45) is 8.58. The Hall–Kier alpha value is -0.160. The highest BCUT2D eigenvalue weighted by Gasteiger charge is 2.45. The van der Waals surface area contributed by atoms with Crippen LogP contribution >= 0.6 is 0 Å². The highest BCUT2D eigenvalue weighted by molar-refractivity contribution is 4.99. The fourth-order valence-corrected chi connectivity index (χ4v) is 5.06. The Morgan fingerprint density at radius 3 is 1.54 bits per heavy atom. The van der Waals surface area contributed by atoms with E-state index < -0.39 is 0 Å². The van der Waals surface area contributed by atoms with Crippen molar-refractivity contribution < 1.29 is 14.2 Å². The summed E-state index contributed by atoms with van der Waals surface area (Å²) < 4.78 is 18.6. The van der Waals surface area contributed by atoms with Gasteiger partial charge in [-0.3, -0.25) is 4.90 Å². The molecule has 0 unspecified atom stereocenters. The maximum Gasteiger partial charge on any atom is 0.0631 e. The summed E-state index contributed by atoms with van der Waals surface area (Å²) in [7, 11) is 0. The molecule has 4 heteroatoms. The standard InChI is InChI=1S/C24H45NO3/c1-22(2,3)27-20-13-17(14-20)24(7,8)25-11-9-18(10-12-25)26-19-15-21(16-19)28-23(4,5)6/h17-21H,9-16H2,1-8H3. The summed E-state index contributed by atoms with van der Waals surface area (Å²) in [6, 6.07) is 0. The van der Waals surface area contributed by atoms with Gasteiger partial charge in [0.25, 0.3) is 0 Å². The largest absolute Gasteiger partial charge is 0.375 e. The van der Waals surface area contributed by atoms with Crippen LogP contribution in [0.3, 0.4) is 0 Å². The van der Waals surface area contributed by atoms with Crippen molar-refractivity contribution in [1.82, 2.24) is 4.90 Å². The molecule has 3 aliphatic rings. The monoisotopic (exact) mass is 395 g/mol. The molecule has 0 aromatic heterocycles. The minimum Gasteiger partial charge on any atom is -0.375 e. The third-order valence-electron chi connectivity index (χ3n) is 6.83. The molecular weight excluding hydrogens is 350 g/mol. The Balaban J connectivity index is 1.35. The molecule has 0 spiro atoms. The Morgan fingerprint density at radius 1 is 0.607 bits per heavy atom. The zero-order valence-corrected chi connectivity index (χ0v) is 19.7. The van der Waals surface area contributed by atoms with Gasteiger partial charge < -0.3 is 14.2 Å². The number of rotatable bonds is 6. The van der Waals surface area contributed by atoms with Gasteiger partial charge in [0.15, 0.2) is 0 Å². The van der Waals surface area contributed by atoms with Gasteiger partial charge in [-0.25, -0.2) is 0 Å². The lowest BCUT2D eigenvalue weighted by atomic mass is 9.69. The zero-order valence-electron chi connectivity index (χ0n) is 19.7. The summed E-state index contributed by atoms with van der Waals surface area (Å²) in [5, 5.41) is 0. The van der Waals surface area contributed by atoms with E-state index in [0.29, 0.717) is 24.4 Å². The van der Waals surface area contributed by atoms with E-state index in [4.69, 9.17) is 14.2 Å². The van der Waals surface area contributed by atoms with E-state index in [0.717, 1.165) is 31.8 Å². The molecule has 1 aliphatic heterocycles. The predicted octanol–water partition coefficient (Wildman–Crippen LogP) is 5.19. The fraction of sp³-hybridized carbons (Fsp3) is 1.00. The topological polar surface area (TPSA) is 30.9 Å². The molecule has 0 bridgehead atoms. The van der Waals surface area contributed by atoms with Crippen LogP contribution in [-0.4, -0.2) is 59.1 Å². The van der Waals surface area contributed by atoms with Crippen LogP contribution in [0, 0.1) is 5.92 Å². The normalized spacial score (nSPS) is 33.4. The molecule has 0 radical (unpaired) electrons. The summed E-state index contributed by atoms with van der Waals surface area (Å²) in [6.45, 7) is 20.1. The van der Waals surface area contributed by atoms with Crippen LogP contribution in [-0.2, 0) is 14.2 Å². The van der Waals surface area contributed by atoms with E-state index in [9.17, 15) is 0 Å². The van der Waals surface area contributed by atoms with Crippen LogP contribution in [0.15, 0.2) is 0 Å². The first kappa shape index (κ1) is 22.5. The van der Waals surface area contributed by atoms with E-state index in [1.54, 1.807) is 0 Å². The average molecular weight is 396 g/mol. The Bertz CT molecular complexity index is 499. The van der Waals surface area contributed by atoms with Gasteiger partial charge in [-0.1, -0.05) is 0 Å². The first-order valence-electron chi connectivity index (χ1n) is 11.6. The summed E-state index contributed by atoms with van der Waals surface area (Å²) in [5.41, 5.74) is 0.212. The van der Waals surface area contributed by atoms with Gasteiger partial charge in [-0.2, -0.15) is 0 Å². The van der Waals surface area contributed by atoms with Crippen molar-refractivity contribution in [3.63, 3.8) is 0 Å². The minimum atomic E-state index is -0.0367. The van der Waals surface area contributed by atoms with Crippen molar-refractivity contribution in [2.75, 3.05) is 13.1 Å². The van der Waals surface area contributed by atoms with Gasteiger partial charge in [0.05, 0.1) is 35.6 Å². The molecule has 0 aromatic carbocycles. The van der Waals surface area contributed by atoms with Crippen LogP contribution in [0.1, 0.15) is 93.9 Å². The van der Waals surface area contributed by atoms with Gasteiger partial charge in [0.2, 0.25) is 0 Å². The minimum absolute atomic E-state index is 0.0199. The summed E-state index contributed by atoms with van der Waals surface area (Å²) in [5.74, 6) is 0.749. The molecule has 28 heavy (non-hydrogen) atoms. The van der Waals surface area contributed by atoms with Crippen LogP contribution in [0.25, 0.3) is 0 Å². The SMILES string of the molecule is CC(C)(C)OC1CC(OC2CCN(C(C)(C)C3CC(OC(C)(C)C)C3)CC2)C1. The van der Waals surface area contributed by atoms with Crippen LogP contribution in [0.4, 0.5) is 0 Å². The van der Waals surface area contributed by atoms with Crippen LogP contribution in [0.5, 0.6) is 0 Å². The first-order valence-corrected chi connectivity index (χ1v) is 11.6. The second-order valence-corrected chi connectivity index (χ2v) is 11.9. The molecule has 0 N–H and O–H groups in total. The van der Waals surface area contributed by atoms with Gasteiger partial charge in [0.1, 0.15) is 0 Å². The quantitative estimate of drug-likeness (QED) is 0.619. The number of ether oxygens (including phenoxy) is 3. The van der Waals surface area contributed by atoms with E-state index in [-0.39, 0.29) is 16.7 Å².